The summed E-state index contributed by atoms with van der Waals surface area (Å²) < 4.78 is 7.43. The number of anilines is 1. The summed E-state index contributed by atoms with van der Waals surface area (Å²) in [6, 6.07) is 2.11. The standard InChI is InChI=1S/C16H23N5O2/c1-10(2)21-11(3)9-13(20-21)14(22)17-16-19-18-15(23-16)12-7-5-4-6-8-12/h9-10,12H,4-8H2,1-3H3,(H,17,19,22). The van der Waals surface area contributed by atoms with Crippen molar-refractivity contribution in [3.05, 3.63) is 23.3 Å². The van der Waals surface area contributed by atoms with Gasteiger partial charge < -0.3 is 4.42 Å². The van der Waals surface area contributed by atoms with E-state index in [1.807, 2.05) is 25.5 Å². The molecule has 7 heteroatoms. The van der Waals surface area contributed by atoms with Crippen LogP contribution in [-0.2, 0) is 0 Å². The van der Waals surface area contributed by atoms with Crippen molar-refractivity contribution in [1.29, 1.82) is 0 Å². The van der Waals surface area contributed by atoms with E-state index in [0.29, 0.717) is 17.5 Å². The minimum Gasteiger partial charge on any atom is -0.408 e. The van der Waals surface area contributed by atoms with Crippen LogP contribution in [0.1, 0.15) is 80.0 Å². The summed E-state index contributed by atoms with van der Waals surface area (Å²) >= 11 is 0. The van der Waals surface area contributed by atoms with Crippen molar-refractivity contribution in [2.45, 2.75) is 64.8 Å². The maximum absolute atomic E-state index is 12.3. The number of hydrogen-bond acceptors (Lipinski definition) is 5. The highest BCUT2D eigenvalue weighted by Gasteiger charge is 2.22. The molecule has 0 radical (unpaired) electrons. The molecule has 0 atom stereocenters. The van der Waals surface area contributed by atoms with Crippen molar-refractivity contribution in [3.63, 3.8) is 0 Å². The van der Waals surface area contributed by atoms with Crippen LogP contribution in [0.5, 0.6) is 0 Å². The highest BCUT2D eigenvalue weighted by molar-refractivity contribution is 6.01. The Bertz CT molecular complexity index is 682. The second-order valence-corrected chi connectivity index (χ2v) is 6.44. The van der Waals surface area contributed by atoms with Crippen molar-refractivity contribution in [2.75, 3.05) is 5.32 Å². The largest absolute Gasteiger partial charge is 0.408 e. The lowest BCUT2D eigenvalue weighted by atomic mass is 9.89. The van der Waals surface area contributed by atoms with E-state index in [0.717, 1.165) is 18.5 Å². The number of hydrogen-bond donors (Lipinski definition) is 1. The molecule has 2 heterocycles. The fourth-order valence-corrected chi connectivity index (χ4v) is 3.08. The number of aryl methyl sites for hydroxylation is 1. The lowest BCUT2D eigenvalue weighted by Gasteiger charge is -2.17. The van der Waals surface area contributed by atoms with Gasteiger partial charge in [-0.15, -0.1) is 5.10 Å². The third kappa shape index (κ3) is 3.43. The predicted octanol–water partition coefficient (Wildman–Crippen LogP) is 3.46. The van der Waals surface area contributed by atoms with E-state index >= 15 is 0 Å². The number of nitrogens with one attached hydrogen (secondary N) is 1. The summed E-state index contributed by atoms with van der Waals surface area (Å²) in [4.78, 5) is 12.3. The molecule has 1 saturated carbocycles. The SMILES string of the molecule is Cc1cc(C(=O)Nc2nnc(C3CCCCC3)o2)nn1C(C)C. The molecule has 0 spiro atoms. The molecule has 7 nitrogen and oxygen atoms in total. The van der Waals surface area contributed by atoms with Crippen LogP contribution in [0, 0.1) is 6.92 Å². The number of amides is 1. The van der Waals surface area contributed by atoms with Gasteiger partial charge in [0.25, 0.3) is 5.91 Å². The third-order valence-corrected chi connectivity index (χ3v) is 4.26. The lowest BCUT2D eigenvalue weighted by molar-refractivity contribution is 0.101. The summed E-state index contributed by atoms with van der Waals surface area (Å²) in [5, 5.41) is 15.0. The maximum atomic E-state index is 12.3. The van der Waals surface area contributed by atoms with E-state index < -0.39 is 0 Å². The Morgan fingerprint density at radius 1 is 1.30 bits per heavy atom. The van der Waals surface area contributed by atoms with Crippen LogP contribution in [0.2, 0.25) is 0 Å². The molecule has 1 aliphatic carbocycles. The summed E-state index contributed by atoms with van der Waals surface area (Å²) in [5.74, 6) is 0.625. The topological polar surface area (TPSA) is 85.8 Å². The van der Waals surface area contributed by atoms with Crippen LogP contribution in [0.15, 0.2) is 10.5 Å². The zero-order valence-electron chi connectivity index (χ0n) is 13.9. The Morgan fingerprint density at radius 2 is 2.04 bits per heavy atom. The predicted molar refractivity (Wildman–Crippen MR) is 85.4 cm³/mol. The summed E-state index contributed by atoms with van der Waals surface area (Å²) in [6.07, 6.45) is 5.81. The normalized spacial score (nSPS) is 16.0. The first-order valence-electron chi connectivity index (χ1n) is 8.25. The van der Waals surface area contributed by atoms with Gasteiger partial charge in [0.05, 0.1) is 0 Å². The Balaban J connectivity index is 1.68. The molecule has 1 fully saturated rings. The molecular weight excluding hydrogens is 294 g/mol. The number of carbonyl (C=O) groups excluding carboxylic acids is 1. The van der Waals surface area contributed by atoms with Gasteiger partial charge in [-0.2, -0.15) is 5.10 Å². The van der Waals surface area contributed by atoms with Gasteiger partial charge in [0.2, 0.25) is 5.89 Å². The molecule has 124 valence electrons. The molecule has 0 bridgehead atoms. The fraction of sp³-hybridized carbons (Fsp3) is 0.625. The van der Waals surface area contributed by atoms with E-state index in [2.05, 4.69) is 20.6 Å². The van der Waals surface area contributed by atoms with Crippen LogP contribution < -0.4 is 5.32 Å². The summed E-state index contributed by atoms with van der Waals surface area (Å²) in [7, 11) is 0. The molecule has 1 amide bonds. The molecule has 0 aromatic carbocycles. The van der Waals surface area contributed by atoms with Crippen molar-refractivity contribution in [1.82, 2.24) is 20.0 Å². The zero-order valence-corrected chi connectivity index (χ0v) is 13.9. The van der Waals surface area contributed by atoms with E-state index in [1.165, 1.54) is 19.3 Å². The van der Waals surface area contributed by atoms with Gasteiger partial charge in [0, 0.05) is 17.7 Å². The monoisotopic (exact) mass is 317 g/mol. The Labute approximate surface area is 135 Å². The minimum absolute atomic E-state index is 0.146. The Hall–Kier alpha value is -2.18. The molecule has 2 aromatic rings. The molecule has 2 aromatic heterocycles. The van der Waals surface area contributed by atoms with Gasteiger partial charge in [-0.05, 0) is 39.7 Å². The Morgan fingerprint density at radius 3 is 2.70 bits per heavy atom. The number of nitrogens with zero attached hydrogens (tertiary/aromatic N) is 4. The smallest absolute Gasteiger partial charge is 0.322 e. The average Bonchev–Trinajstić information content (AvgIpc) is 3.15. The number of carbonyl (C=O) groups is 1. The van der Waals surface area contributed by atoms with E-state index in [4.69, 9.17) is 4.42 Å². The van der Waals surface area contributed by atoms with Crippen LogP contribution in [0.25, 0.3) is 0 Å². The zero-order chi connectivity index (χ0) is 16.4. The van der Waals surface area contributed by atoms with E-state index in [-0.39, 0.29) is 18.0 Å². The molecule has 1 N–H and O–H groups in total. The fourth-order valence-electron chi connectivity index (χ4n) is 3.08. The van der Waals surface area contributed by atoms with Crippen LogP contribution in [0.3, 0.4) is 0 Å². The van der Waals surface area contributed by atoms with Crippen LogP contribution >= 0.6 is 0 Å². The van der Waals surface area contributed by atoms with Crippen molar-refractivity contribution in [2.24, 2.45) is 0 Å². The van der Waals surface area contributed by atoms with Crippen molar-refractivity contribution < 1.29 is 9.21 Å². The van der Waals surface area contributed by atoms with Gasteiger partial charge in [-0.1, -0.05) is 24.4 Å². The van der Waals surface area contributed by atoms with Gasteiger partial charge in [-0.3, -0.25) is 14.8 Å². The van der Waals surface area contributed by atoms with Gasteiger partial charge in [0.1, 0.15) is 0 Å². The van der Waals surface area contributed by atoms with E-state index in [1.54, 1.807) is 6.07 Å². The number of rotatable bonds is 4. The minimum atomic E-state index is -0.327. The molecule has 0 unspecified atom stereocenters. The first-order chi connectivity index (χ1) is 11.0. The van der Waals surface area contributed by atoms with Crippen molar-refractivity contribution in [3.8, 4) is 0 Å². The van der Waals surface area contributed by atoms with Crippen LogP contribution in [-0.4, -0.2) is 25.9 Å². The quantitative estimate of drug-likeness (QED) is 0.933. The van der Waals surface area contributed by atoms with Gasteiger partial charge >= 0.3 is 6.01 Å². The molecular formula is C16H23N5O2. The van der Waals surface area contributed by atoms with Gasteiger partial charge in [-0.25, -0.2) is 0 Å². The second kappa shape index (κ2) is 6.52. The maximum Gasteiger partial charge on any atom is 0.322 e. The molecule has 23 heavy (non-hydrogen) atoms. The molecule has 1 aliphatic rings. The molecule has 0 saturated heterocycles. The first-order valence-corrected chi connectivity index (χ1v) is 8.25. The second-order valence-electron chi connectivity index (χ2n) is 6.44. The van der Waals surface area contributed by atoms with E-state index in [9.17, 15) is 4.79 Å². The highest BCUT2D eigenvalue weighted by Crippen LogP contribution is 2.32. The third-order valence-electron chi connectivity index (χ3n) is 4.26. The number of aromatic nitrogens is 4. The molecule has 0 aliphatic heterocycles. The lowest BCUT2D eigenvalue weighted by Crippen LogP contribution is -2.14. The first kappa shape index (κ1) is 15.7. The average molecular weight is 317 g/mol. The van der Waals surface area contributed by atoms with Crippen molar-refractivity contribution >= 4 is 11.9 Å². The summed E-state index contributed by atoms with van der Waals surface area (Å²) in [6.45, 7) is 5.98. The molecule has 3 rings (SSSR count). The highest BCUT2D eigenvalue weighted by atomic mass is 16.4. The Kier molecular flexibility index (Phi) is 4.45. The van der Waals surface area contributed by atoms with Crippen LogP contribution in [0.4, 0.5) is 6.01 Å². The van der Waals surface area contributed by atoms with Gasteiger partial charge in [0.15, 0.2) is 5.69 Å². The summed E-state index contributed by atoms with van der Waals surface area (Å²) in [5.41, 5.74) is 1.30.